The van der Waals surface area contributed by atoms with E-state index in [4.69, 9.17) is 11.6 Å². The van der Waals surface area contributed by atoms with Crippen LogP contribution in [0.1, 0.15) is 37.8 Å². The van der Waals surface area contributed by atoms with Gasteiger partial charge in [-0.25, -0.2) is 9.78 Å². The van der Waals surface area contributed by atoms with E-state index < -0.39 is 0 Å². The molecule has 118 valence electrons. The van der Waals surface area contributed by atoms with Crippen molar-refractivity contribution in [3.63, 3.8) is 0 Å². The number of amides is 2. The van der Waals surface area contributed by atoms with Crippen molar-refractivity contribution < 1.29 is 4.79 Å². The molecule has 1 fully saturated rings. The lowest BCUT2D eigenvalue weighted by atomic mass is 9.95. The summed E-state index contributed by atoms with van der Waals surface area (Å²) in [5, 5.41) is 3.61. The summed E-state index contributed by atoms with van der Waals surface area (Å²) < 4.78 is 1.87. The second-order valence-corrected chi connectivity index (χ2v) is 6.34. The maximum atomic E-state index is 12.2. The van der Waals surface area contributed by atoms with Gasteiger partial charge in [0.25, 0.3) is 0 Å². The Morgan fingerprint density at radius 2 is 2.14 bits per heavy atom. The van der Waals surface area contributed by atoms with Crippen molar-refractivity contribution in [2.24, 2.45) is 0 Å². The second-order valence-electron chi connectivity index (χ2n) is 5.91. The fraction of sp³-hybridized carbons (Fsp3) is 0.500. The van der Waals surface area contributed by atoms with Crippen LogP contribution in [0.3, 0.4) is 0 Å². The maximum absolute atomic E-state index is 12.2. The number of nitrogens with zero attached hydrogens (tertiary/aromatic N) is 3. The molecular weight excluding hydrogens is 300 g/mol. The van der Waals surface area contributed by atoms with Crippen molar-refractivity contribution in [1.29, 1.82) is 0 Å². The van der Waals surface area contributed by atoms with E-state index in [9.17, 15) is 4.79 Å². The summed E-state index contributed by atoms with van der Waals surface area (Å²) in [5.41, 5.74) is 1.65. The number of halogens is 1. The molecular formula is C16H21ClN4O. The summed E-state index contributed by atoms with van der Waals surface area (Å²) in [7, 11) is 1.88. The van der Waals surface area contributed by atoms with E-state index in [0.717, 1.165) is 24.2 Å². The van der Waals surface area contributed by atoms with Crippen molar-refractivity contribution in [2.45, 2.75) is 44.7 Å². The predicted octanol–water partition coefficient (Wildman–Crippen LogP) is 3.46. The monoisotopic (exact) mass is 320 g/mol. The van der Waals surface area contributed by atoms with Crippen molar-refractivity contribution in [3.8, 4) is 0 Å². The van der Waals surface area contributed by atoms with Crippen LogP contribution in [0.25, 0.3) is 5.65 Å². The van der Waals surface area contributed by atoms with Crippen LogP contribution in [0.15, 0.2) is 24.5 Å². The van der Waals surface area contributed by atoms with Gasteiger partial charge in [0.05, 0.1) is 17.3 Å². The minimum atomic E-state index is -0.0259. The Labute approximate surface area is 135 Å². The standard InChI is InChI=1S/C16H21ClN4O/c1-20(14-5-3-2-4-6-14)16(22)18-9-13-11-21-10-12(17)7-8-15(21)19-13/h7-8,10-11,14H,2-6,9H2,1H3,(H,18,22). The number of fused-ring (bicyclic) bond motifs is 1. The van der Waals surface area contributed by atoms with E-state index in [1.54, 1.807) is 0 Å². The van der Waals surface area contributed by atoms with Crippen LogP contribution in [0.5, 0.6) is 0 Å². The van der Waals surface area contributed by atoms with E-state index in [1.165, 1.54) is 19.3 Å². The minimum absolute atomic E-state index is 0.0259. The van der Waals surface area contributed by atoms with Crippen LogP contribution >= 0.6 is 11.6 Å². The van der Waals surface area contributed by atoms with Crippen molar-refractivity contribution in [2.75, 3.05) is 7.05 Å². The molecule has 0 aliphatic heterocycles. The average Bonchev–Trinajstić information content (AvgIpc) is 2.94. The van der Waals surface area contributed by atoms with Crippen LogP contribution in [-0.2, 0) is 6.54 Å². The highest BCUT2D eigenvalue weighted by Gasteiger charge is 2.21. The SMILES string of the molecule is CN(C(=O)NCc1cn2cc(Cl)ccc2n1)C1CCCCC1. The third-order valence-corrected chi connectivity index (χ3v) is 4.55. The highest BCUT2D eigenvalue weighted by molar-refractivity contribution is 6.30. The van der Waals surface area contributed by atoms with Gasteiger partial charge in [-0.05, 0) is 25.0 Å². The normalized spacial score (nSPS) is 15.9. The lowest BCUT2D eigenvalue weighted by molar-refractivity contribution is 0.173. The van der Waals surface area contributed by atoms with Gasteiger partial charge in [0.1, 0.15) is 5.65 Å². The molecule has 1 aliphatic carbocycles. The summed E-state index contributed by atoms with van der Waals surface area (Å²) >= 11 is 5.96. The molecule has 0 bridgehead atoms. The minimum Gasteiger partial charge on any atom is -0.332 e. The maximum Gasteiger partial charge on any atom is 0.317 e. The fourth-order valence-corrected chi connectivity index (χ4v) is 3.20. The highest BCUT2D eigenvalue weighted by Crippen LogP contribution is 2.21. The summed E-state index contributed by atoms with van der Waals surface area (Å²) in [4.78, 5) is 18.6. The van der Waals surface area contributed by atoms with E-state index >= 15 is 0 Å². The second kappa shape index (κ2) is 6.57. The smallest absolute Gasteiger partial charge is 0.317 e. The van der Waals surface area contributed by atoms with E-state index in [1.807, 2.05) is 40.9 Å². The fourth-order valence-electron chi connectivity index (χ4n) is 3.03. The van der Waals surface area contributed by atoms with Crippen LogP contribution in [-0.4, -0.2) is 33.4 Å². The molecule has 2 heterocycles. The number of rotatable bonds is 3. The van der Waals surface area contributed by atoms with Crippen LogP contribution < -0.4 is 5.32 Å². The van der Waals surface area contributed by atoms with Crippen molar-refractivity contribution in [3.05, 3.63) is 35.2 Å². The molecule has 0 spiro atoms. The number of hydrogen-bond acceptors (Lipinski definition) is 2. The quantitative estimate of drug-likeness (QED) is 0.941. The number of nitrogens with one attached hydrogen (secondary N) is 1. The van der Waals surface area contributed by atoms with Gasteiger partial charge in [-0.3, -0.25) is 0 Å². The first-order chi connectivity index (χ1) is 10.6. The summed E-state index contributed by atoms with van der Waals surface area (Å²) in [6.45, 7) is 0.426. The number of carbonyl (C=O) groups is 1. The lowest BCUT2D eigenvalue weighted by Gasteiger charge is -2.31. The molecule has 1 saturated carbocycles. The first kappa shape index (κ1) is 15.2. The Morgan fingerprint density at radius 1 is 1.36 bits per heavy atom. The molecule has 0 saturated heterocycles. The number of hydrogen-bond donors (Lipinski definition) is 1. The van der Waals surface area contributed by atoms with Crippen molar-refractivity contribution in [1.82, 2.24) is 19.6 Å². The molecule has 0 radical (unpaired) electrons. The largest absolute Gasteiger partial charge is 0.332 e. The first-order valence-corrected chi connectivity index (χ1v) is 8.15. The third-order valence-electron chi connectivity index (χ3n) is 4.33. The predicted molar refractivity (Wildman–Crippen MR) is 87.1 cm³/mol. The summed E-state index contributed by atoms with van der Waals surface area (Å²) in [5.74, 6) is 0. The molecule has 1 aliphatic rings. The van der Waals surface area contributed by atoms with Gasteiger partial charge in [-0.15, -0.1) is 0 Å². The van der Waals surface area contributed by atoms with E-state index in [0.29, 0.717) is 17.6 Å². The number of pyridine rings is 1. The number of carbonyl (C=O) groups excluding carboxylic acids is 1. The summed E-state index contributed by atoms with van der Waals surface area (Å²) in [6.07, 6.45) is 9.64. The van der Waals surface area contributed by atoms with Crippen LogP contribution in [0.4, 0.5) is 4.79 Å². The number of aromatic nitrogens is 2. The van der Waals surface area contributed by atoms with Gasteiger partial charge in [0.15, 0.2) is 0 Å². The molecule has 5 nitrogen and oxygen atoms in total. The molecule has 1 N–H and O–H groups in total. The highest BCUT2D eigenvalue weighted by atomic mass is 35.5. The topological polar surface area (TPSA) is 49.6 Å². The van der Waals surface area contributed by atoms with Gasteiger partial charge in [-0.1, -0.05) is 30.9 Å². The van der Waals surface area contributed by atoms with E-state index in [2.05, 4.69) is 10.3 Å². The first-order valence-electron chi connectivity index (χ1n) is 7.77. The average molecular weight is 321 g/mol. The molecule has 2 aromatic heterocycles. The van der Waals surface area contributed by atoms with Gasteiger partial charge in [-0.2, -0.15) is 0 Å². The Kier molecular flexibility index (Phi) is 4.52. The number of imidazole rings is 1. The molecule has 22 heavy (non-hydrogen) atoms. The van der Waals surface area contributed by atoms with Gasteiger partial charge in [0, 0.05) is 25.5 Å². The Morgan fingerprint density at radius 3 is 2.91 bits per heavy atom. The molecule has 0 aromatic carbocycles. The Bertz CT molecular complexity index is 663. The Hall–Kier alpha value is -1.75. The number of urea groups is 1. The zero-order valence-corrected chi connectivity index (χ0v) is 13.5. The lowest BCUT2D eigenvalue weighted by Crippen LogP contribution is -2.44. The zero-order valence-electron chi connectivity index (χ0n) is 12.8. The van der Waals surface area contributed by atoms with Gasteiger partial charge >= 0.3 is 6.03 Å². The van der Waals surface area contributed by atoms with Crippen molar-refractivity contribution >= 4 is 23.3 Å². The molecule has 6 heteroatoms. The molecule has 2 aromatic rings. The molecule has 3 rings (SSSR count). The Balaban J connectivity index is 1.59. The van der Waals surface area contributed by atoms with Crippen LogP contribution in [0.2, 0.25) is 5.02 Å². The zero-order chi connectivity index (χ0) is 15.5. The van der Waals surface area contributed by atoms with E-state index in [-0.39, 0.29) is 6.03 Å². The van der Waals surface area contributed by atoms with Gasteiger partial charge in [0.2, 0.25) is 0 Å². The molecule has 0 unspecified atom stereocenters. The van der Waals surface area contributed by atoms with Crippen LogP contribution in [0, 0.1) is 0 Å². The molecule has 2 amide bonds. The third kappa shape index (κ3) is 3.35. The van der Waals surface area contributed by atoms with Gasteiger partial charge < -0.3 is 14.6 Å². The molecule has 0 atom stereocenters. The summed E-state index contributed by atoms with van der Waals surface area (Å²) in [6, 6.07) is 4.01.